The maximum absolute atomic E-state index is 8.78. The zero-order valence-corrected chi connectivity index (χ0v) is 11.0. The van der Waals surface area contributed by atoms with E-state index < -0.39 is 0 Å². The number of nitrogens with two attached hydrogens (primary N) is 1. The smallest absolute Gasteiger partial charge is 0.128 e. The van der Waals surface area contributed by atoms with Gasteiger partial charge in [-0.3, -0.25) is 0 Å². The molecule has 0 radical (unpaired) electrons. The number of aliphatic hydroxyl groups is 1. The molecule has 1 aromatic heterocycles. The van der Waals surface area contributed by atoms with Crippen LogP contribution in [0, 0.1) is 0 Å². The lowest BCUT2D eigenvalue weighted by atomic mass is 10.2. The first kappa shape index (κ1) is 13.1. The zero-order valence-electron chi connectivity index (χ0n) is 10.2. The van der Waals surface area contributed by atoms with Gasteiger partial charge < -0.3 is 15.2 Å². The summed E-state index contributed by atoms with van der Waals surface area (Å²) in [6, 6.07) is 12.2. The van der Waals surface area contributed by atoms with Crippen LogP contribution in [-0.2, 0) is 13.2 Å². The minimum atomic E-state index is 0.207. The third-order valence-corrected chi connectivity index (χ3v) is 3.47. The van der Waals surface area contributed by atoms with Crippen LogP contribution >= 0.6 is 11.3 Å². The fourth-order valence-corrected chi connectivity index (χ4v) is 2.32. The summed E-state index contributed by atoms with van der Waals surface area (Å²) in [4.78, 5) is 1.23. The highest BCUT2D eigenvalue weighted by molar-refractivity contribution is 7.09. The molecular weight excluding hydrogens is 246 g/mol. The second kappa shape index (κ2) is 7.16. The van der Waals surface area contributed by atoms with Gasteiger partial charge in [-0.1, -0.05) is 18.2 Å². The minimum absolute atomic E-state index is 0.207. The van der Waals surface area contributed by atoms with Crippen LogP contribution in [0.4, 0.5) is 0 Å². The molecule has 4 heteroatoms. The van der Waals surface area contributed by atoms with E-state index in [0.717, 1.165) is 18.8 Å². The van der Waals surface area contributed by atoms with E-state index in [-0.39, 0.29) is 6.61 Å². The van der Waals surface area contributed by atoms with Crippen LogP contribution in [0.1, 0.15) is 10.4 Å². The monoisotopic (exact) mass is 264 g/mol. The molecule has 3 nitrogen and oxygen atoms in total. The number of rotatable bonds is 7. The number of quaternary nitrogens is 1. The molecule has 2 aromatic rings. The average Bonchev–Trinajstić information content (AvgIpc) is 2.91. The van der Waals surface area contributed by atoms with E-state index in [2.05, 4.69) is 22.8 Å². The summed E-state index contributed by atoms with van der Waals surface area (Å²) in [7, 11) is 0. The Labute approximate surface area is 111 Å². The van der Waals surface area contributed by atoms with Crippen LogP contribution in [0.3, 0.4) is 0 Å². The fourth-order valence-electron chi connectivity index (χ4n) is 1.71. The summed E-state index contributed by atoms with van der Waals surface area (Å²) >= 11 is 1.70. The van der Waals surface area contributed by atoms with Gasteiger partial charge in [0.2, 0.25) is 0 Å². The van der Waals surface area contributed by atoms with E-state index in [4.69, 9.17) is 9.84 Å². The molecule has 0 spiro atoms. The normalized spacial score (nSPS) is 10.5. The van der Waals surface area contributed by atoms with Crippen molar-refractivity contribution >= 4 is 11.3 Å². The van der Waals surface area contributed by atoms with E-state index in [1.165, 1.54) is 10.4 Å². The highest BCUT2D eigenvalue weighted by Crippen LogP contribution is 2.19. The molecule has 0 bridgehead atoms. The standard InChI is InChI=1S/C14H17NO2S/c16-8-7-15-10-12-4-1-2-6-14(12)17-11-13-5-3-9-18-13/h1-6,9,15-16H,7-8,10-11H2/p+1. The van der Waals surface area contributed by atoms with Crippen LogP contribution in [0.5, 0.6) is 5.75 Å². The maximum atomic E-state index is 8.78. The fraction of sp³-hybridized carbons (Fsp3) is 0.286. The lowest BCUT2D eigenvalue weighted by Gasteiger charge is -2.09. The molecule has 0 aliphatic carbocycles. The van der Waals surface area contributed by atoms with E-state index in [0.29, 0.717) is 6.61 Å². The molecule has 0 amide bonds. The van der Waals surface area contributed by atoms with Crippen molar-refractivity contribution in [2.24, 2.45) is 0 Å². The molecule has 0 saturated carbocycles. The topological polar surface area (TPSA) is 46.1 Å². The maximum Gasteiger partial charge on any atom is 0.128 e. The Morgan fingerprint density at radius 1 is 1.17 bits per heavy atom. The molecule has 0 unspecified atom stereocenters. The van der Waals surface area contributed by atoms with Crippen molar-refractivity contribution in [1.82, 2.24) is 0 Å². The molecule has 2 rings (SSSR count). The first-order valence-electron chi connectivity index (χ1n) is 6.06. The number of hydrogen-bond acceptors (Lipinski definition) is 3. The predicted molar refractivity (Wildman–Crippen MR) is 72.7 cm³/mol. The van der Waals surface area contributed by atoms with Crippen molar-refractivity contribution in [3.8, 4) is 5.75 Å². The lowest BCUT2D eigenvalue weighted by molar-refractivity contribution is -0.671. The summed E-state index contributed by atoms with van der Waals surface area (Å²) in [5.74, 6) is 0.931. The number of thiophene rings is 1. The van der Waals surface area contributed by atoms with Gasteiger partial charge in [0.05, 0.1) is 13.2 Å². The van der Waals surface area contributed by atoms with Gasteiger partial charge in [0.1, 0.15) is 18.9 Å². The summed E-state index contributed by atoms with van der Waals surface area (Å²) in [6.07, 6.45) is 0. The average molecular weight is 264 g/mol. The lowest BCUT2D eigenvalue weighted by Crippen LogP contribution is -2.83. The van der Waals surface area contributed by atoms with Crippen molar-refractivity contribution in [2.75, 3.05) is 13.2 Å². The van der Waals surface area contributed by atoms with Gasteiger partial charge in [-0.15, -0.1) is 11.3 Å². The van der Waals surface area contributed by atoms with Gasteiger partial charge in [0, 0.05) is 10.4 Å². The summed E-state index contributed by atoms with van der Waals surface area (Å²) in [6.45, 7) is 2.38. The van der Waals surface area contributed by atoms with Crippen molar-refractivity contribution in [3.05, 3.63) is 52.2 Å². The SMILES string of the molecule is OCC[NH2+]Cc1ccccc1OCc1cccs1. The van der Waals surface area contributed by atoms with Crippen LogP contribution in [0.2, 0.25) is 0 Å². The molecule has 0 fully saturated rings. The second-order valence-corrected chi connectivity index (χ2v) is 5.01. The number of para-hydroxylation sites is 1. The van der Waals surface area contributed by atoms with Crippen LogP contribution in [0.15, 0.2) is 41.8 Å². The van der Waals surface area contributed by atoms with Gasteiger partial charge in [-0.25, -0.2) is 0 Å². The van der Waals surface area contributed by atoms with Crippen LogP contribution in [0.25, 0.3) is 0 Å². The van der Waals surface area contributed by atoms with Gasteiger partial charge >= 0.3 is 0 Å². The largest absolute Gasteiger partial charge is 0.488 e. The summed E-state index contributed by atoms with van der Waals surface area (Å²) in [5, 5.41) is 12.9. The second-order valence-electron chi connectivity index (χ2n) is 3.98. The third-order valence-electron chi connectivity index (χ3n) is 2.62. The summed E-state index contributed by atoms with van der Waals surface area (Å²) < 4.78 is 5.84. The van der Waals surface area contributed by atoms with E-state index in [9.17, 15) is 0 Å². The Morgan fingerprint density at radius 2 is 2.06 bits per heavy atom. The van der Waals surface area contributed by atoms with Crippen molar-refractivity contribution in [1.29, 1.82) is 0 Å². The van der Waals surface area contributed by atoms with E-state index in [1.54, 1.807) is 11.3 Å². The molecule has 0 aliphatic rings. The number of aliphatic hydroxyl groups excluding tert-OH is 1. The molecule has 1 aromatic carbocycles. The Kier molecular flexibility index (Phi) is 5.20. The molecule has 96 valence electrons. The minimum Gasteiger partial charge on any atom is -0.488 e. The molecule has 18 heavy (non-hydrogen) atoms. The Balaban J connectivity index is 1.94. The quantitative estimate of drug-likeness (QED) is 0.742. The Hall–Kier alpha value is -1.36. The van der Waals surface area contributed by atoms with E-state index >= 15 is 0 Å². The van der Waals surface area contributed by atoms with Crippen LogP contribution < -0.4 is 10.1 Å². The highest BCUT2D eigenvalue weighted by atomic mass is 32.1. The molecule has 0 atom stereocenters. The molecular formula is C14H18NO2S+. The zero-order chi connectivity index (χ0) is 12.6. The van der Waals surface area contributed by atoms with Gasteiger partial charge in [-0.05, 0) is 23.6 Å². The van der Waals surface area contributed by atoms with Crippen molar-refractivity contribution in [3.63, 3.8) is 0 Å². The first-order valence-corrected chi connectivity index (χ1v) is 6.93. The first-order chi connectivity index (χ1) is 8.90. The summed E-state index contributed by atoms with van der Waals surface area (Å²) in [5.41, 5.74) is 1.17. The third kappa shape index (κ3) is 3.84. The van der Waals surface area contributed by atoms with Gasteiger partial charge in [0.15, 0.2) is 0 Å². The Bertz CT molecular complexity index is 457. The van der Waals surface area contributed by atoms with Crippen LogP contribution in [-0.4, -0.2) is 18.3 Å². The molecule has 0 saturated heterocycles. The van der Waals surface area contributed by atoms with E-state index in [1.807, 2.05) is 24.3 Å². The molecule has 1 heterocycles. The highest BCUT2D eigenvalue weighted by Gasteiger charge is 2.05. The molecule has 3 N–H and O–H groups in total. The number of hydrogen-bond donors (Lipinski definition) is 2. The van der Waals surface area contributed by atoms with Gasteiger partial charge in [0.25, 0.3) is 0 Å². The van der Waals surface area contributed by atoms with Crippen molar-refractivity contribution < 1.29 is 15.2 Å². The Morgan fingerprint density at radius 3 is 2.83 bits per heavy atom. The number of ether oxygens (including phenoxy) is 1. The number of benzene rings is 1. The van der Waals surface area contributed by atoms with Gasteiger partial charge in [-0.2, -0.15) is 0 Å². The molecule has 0 aliphatic heterocycles. The predicted octanol–water partition coefficient (Wildman–Crippen LogP) is 1.38. The van der Waals surface area contributed by atoms with Crippen molar-refractivity contribution in [2.45, 2.75) is 13.2 Å².